The Balaban J connectivity index is 0. The van der Waals surface area contributed by atoms with Crippen LogP contribution in [0, 0.1) is 5.41 Å². The SMILES string of the molecule is CC(C)(C)CCC(=O)O.[NaH]. The molecule has 0 radical (unpaired) electrons. The number of hydrogen-bond acceptors (Lipinski definition) is 1. The Bertz CT molecular complexity index is 105. The van der Waals surface area contributed by atoms with Crippen molar-refractivity contribution in [2.45, 2.75) is 33.6 Å². The molecule has 0 saturated carbocycles. The molecule has 0 aliphatic rings. The van der Waals surface area contributed by atoms with E-state index in [-0.39, 0.29) is 41.4 Å². The maximum absolute atomic E-state index is 10.0. The molecule has 0 atom stereocenters. The van der Waals surface area contributed by atoms with Gasteiger partial charge in [0.15, 0.2) is 0 Å². The van der Waals surface area contributed by atoms with Gasteiger partial charge >= 0.3 is 35.5 Å². The zero-order valence-electron chi connectivity index (χ0n) is 6.27. The minimum atomic E-state index is -0.704. The molecule has 0 saturated heterocycles. The molecule has 0 aromatic rings. The first-order valence-electron chi connectivity index (χ1n) is 3.13. The molecule has 0 heterocycles. The summed E-state index contributed by atoms with van der Waals surface area (Å²) < 4.78 is 0. The van der Waals surface area contributed by atoms with E-state index >= 15 is 0 Å². The fraction of sp³-hybridized carbons (Fsp3) is 0.857. The van der Waals surface area contributed by atoms with Gasteiger partial charge in [-0.1, -0.05) is 20.8 Å². The average Bonchev–Trinajstić information content (AvgIpc) is 1.59. The summed E-state index contributed by atoms with van der Waals surface area (Å²) in [7, 11) is 0. The van der Waals surface area contributed by atoms with Crippen molar-refractivity contribution in [1.82, 2.24) is 0 Å². The van der Waals surface area contributed by atoms with E-state index in [2.05, 4.69) is 0 Å². The van der Waals surface area contributed by atoms with Crippen molar-refractivity contribution in [2.24, 2.45) is 5.41 Å². The van der Waals surface area contributed by atoms with Crippen LogP contribution in [0.25, 0.3) is 0 Å². The van der Waals surface area contributed by atoms with Gasteiger partial charge in [0, 0.05) is 6.42 Å². The fourth-order valence-electron chi connectivity index (χ4n) is 0.482. The van der Waals surface area contributed by atoms with Crippen LogP contribution in [-0.2, 0) is 4.79 Å². The van der Waals surface area contributed by atoms with Gasteiger partial charge in [-0.05, 0) is 11.8 Å². The quantitative estimate of drug-likeness (QED) is 0.608. The molecule has 0 fully saturated rings. The van der Waals surface area contributed by atoms with Crippen molar-refractivity contribution >= 4 is 35.5 Å². The molecule has 0 aliphatic carbocycles. The van der Waals surface area contributed by atoms with E-state index in [1.165, 1.54) is 0 Å². The van der Waals surface area contributed by atoms with E-state index in [0.717, 1.165) is 6.42 Å². The maximum atomic E-state index is 10.0. The topological polar surface area (TPSA) is 37.3 Å². The third-order valence-corrected chi connectivity index (χ3v) is 1.09. The van der Waals surface area contributed by atoms with E-state index in [1.807, 2.05) is 20.8 Å². The van der Waals surface area contributed by atoms with Crippen LogP contribution < -0.4 is 0 Å². The molecule has 0 aliphatic heterocycles. The van der Waals surface area contributed by atoms with E-state index in [9.17, 15) is 4.79 Å². The standard InChI is InChI=1S/C7H14O2.Na.H/c1-7(2,3)5-4-6(8)9;;/h4-5H2,1-3H3,(H,8,9);;. The van der Waals surface area contributed by atoms with Gasteiger partial charge in [0.05, 0.1) is 0 Å². The Morgan fingerprint density at radius 1 is 1.40 bits per heavy atom. The Labute approximate surface area is 84.3 Å². The normalized spacial score (nSPS) is 10.3. The van der Waals surface area contributed by atoms with Crippen molar-refractivity contribution in [2.75, 3.05) is 0 Å². The third-order valence-electron chi connectivity index (χ3n) is 1.09. The van der Waals surface area contributed by atoms with Gasteiger partial charge in [-0.25, -0.2) is 0 Å². The summed E-state index contributed by atoms with van der Waals surface area (Å²) in [5, 5.41) is 8.28. The van der Waals surface area contributed by atoms with Gasteiger partial charge in [-0.15, -0.1) is 0 Å². The predicted molar refractivity (Wildman–Crippen MR) is 43.5 cm³/mol. The second-order valence-corrected chi connectivity index (χ2v) is 3.45. The van der Waals surface area contributed by atoms with Crippen molar-refractivity contribution in [3.63, 3.8) is 0 Å². The van der Waals surface area contributed by atoms with Crippen molar-refractivity contribution in [3.05, 3.63) is 0 Å². The Hall–Kier alpha value is 0.470. The molecule has 0 amide bonds. The molecule has 10 heavy (non-hydrogen) atoms. The molecule has 3 heteroatoms. The van der Waals surface area contributed by atoms with Gasteiger partial charge in [0.2, 0.25) is 0 Å². The molecule has 1 N–H and O–H groups in total. The zero-order chi connectivity index (χ0) is 7.49. The first-order valence-corrected chi connectivity index (χ1v) is 3.13. The summed E-state index contributed by atoms with van der Waals surface area (Å²) in [6.07, 6.45) is 1.03. The number of carbonyl (C=O) groups is 1. The van der Waals surface area contributed by atoms with Crippen molar-refractivity contribution in [1.29, 1.82) is 0 Å². The minimum absolute atomic E-state index is 0. The number of rotatable bonds is 2. The molecule has 0 unspecified atom stereocenters. The molecule has 0 rings (SSSR count). The van der Waals surface area contributed by atoms with Crippen LogP contribution in [0.15, 0.2) is 0 Å². The molecule has 0 bridgehead atoms. The van der Waals surface area contributed by atoms with Gasteiger partial charge in [0.25, 0.3) is 0 Å². The van der Waals surface area contributed by atoms with Gasteiger partial charge < -0.3 is 5.11 Å². The Morgan fingerprint density at radius 3 is 1.90 bits per heavy atom. The molecular formula is C7H15NaO2. The summed E-state index contributed by atoms with van der Waals surface area (Å²) in [6, 6.07) is 0. The van der Waals surface area contributed by atoms with Crippen LogP contribution in [0.3, 0.4) is 0 Å². The third kappa shape index (κ3) is 11.3. The first kappa shape index (κ1) is 13.1. The summed E-state index contributed by atoms with van der Waals surface area (Å²) >= 11 is 0. The monoisotopic (exact) mass is 154 g/mol. The van der Waals surface area contributed by atoms with E-state index < -0.39 is 5.97 Å². The van der Waals surface area contributed by atoms with Crippen molar-refractivity contribution < 1.29 is 9.90 Å². The van der Waals surface area contributed by atoms with Crippen LogP contribution >= 0.6 is 0 Å². The van der Waals surface area contributed by atoms with Crippen LogP contribution in [0.1, 0.15) is 33.6 Å². The average molecular weight is 154 g/mol. The van der Waals surface area contributed by atoms with Crippen molar-refractivity contribution in [3.8, 4) is 0 Å². The molecule has 2 nitrogen and oxygen atoms in total. The number of hydrogen-bond donors (Lipinski definition) is 1. The fourth-order valence-corrected chi connectivity index (χ4v) is 0.482. The van der Waals surface area contributed by atoms with E-state index in [0.29, 0.717) is 0 Å². The summed E-state index contributed by atoms with van der Waals surface area (Å²) in [5.74, 6) is -0.704. The molecule has 0 aromatic heterocycles. The zero-order valence-corrected chi connectivity index (χ0v) is 6.27. The summed E-state index contributed by atoms with van der Waals surface area (Å²) in [5.41, 5.74) is 0.151. The van der Waals surface area contributed by atoms with E-state index in [1.54, 1.807) is 0 Å². The number of aliphatic carboxylic acids is 1. The van der Waals surface area contributed by atoms with Crippen LogP contribution in [0.5, 0.6) is 0 Å². The van der Waals surface area contributed by atoms with Gasteiger partial charge in [-0.3, -0.25) is 4.79 Å². The first-order chi connectivity index (χ1) is 3.92. The molecule has 56 valence electrons. The van der Waals surface area contributed by atoms with Crippen LogP contribution in [-0.4, -0.2) is 40.6 Å². The molecular weight excluding hydrogens is 139 g/mol. The van der Waals surface area contributed by atoms with Gasteiger partial charge in [-0.2, -0.15) is 0 Å². The second kappa shape index (κ2) is 5.16. The molecule has 0 spiro atoms. The second-order valence-electron chi connectivity index (χ2n) is 3.45. The number of carboxylic acids is 1. The Morgan fingerprint density at radius 2 is 1.80 bits per heavy atom. The van der Waals surface area contributed by atoms with Crippen LogP contribution in [0.4, 0.5) is 0 Å². The summed E-state index contributed by atoms with van der Waals surface area (Å²) in [4.78, 5) is 10.0. The summed E-state index contributed by atoms with van der Waals surface area (Å²) in [6.45, 7) is 6.11. The predicted octanol–water partition coefficient (Wildman–Crippen LogP) is 1.25. The Kier molecular flexibility index (Phi) is 6.76. The van der Waals surface area contributed by atoms with Gasteiger partial charge in [0.1, 0.15) is 0 Å². The number of carboxylic acid groups (broad SMARTS) is 1. The van der Waals surface area contributed by atoms with E-state index in [4.69, 9.17) is 5.11 Å². The van der Waals surface area contributed by atoms with Crippen LogP contribution in [0.2, 0.25) is 0 Å². The molecule has 0 aromatic carbocycles.